The molecule has 1 atom stereocenters. The number of aliphatic hydroxyl groups excluding tert-OH is 1. The maximum Gasteiger partial charge on any atom is 0.421 e. The van der Waals surface area contributed by atoms with Crippen LogP contribution in [0.1, 0.15) is 17.4 Å². The SMILES string of the molecule is Cc1coc(C(O)C(F)(F)F)c1. The number of aliphatic hydroxyl groups is 1. The molecule has 0 bridgehead atoms. The zero-order valence-electron chi connectivity index (χ0n) is 6.22. The van der Waals surface area contributed by atoms with Gasteiger partial charge >= 0.3 is 6.18 Å². The molecule has 1 aromatic rings. The summed E-state index contributed by atoms with van der Waals surface area (Å²) >= 11 is 0. The Morgan fingerprint density at radius 2 is 2.08 bits per heavy atom. The first-order valence-corrected chi connectivity index (χ1v) is 3.21. The maximum atomic E-state index is 11.8. The maximum absolute atomic E-state index is 11.8. The molecule has 12 heavy (non-hydrogen) atoms. The van der Waals surface area contributed by atoms with Gasteiger partial charge in [-0.2, -0.15) is 13.2 Å². The number of hydrogen-bond donors (Lipinski definition) is 1. The summed E-state index contributed by atoms with van der Waals surface area (Å²) in [4.78, 5) is 0. The van der Waals surface area contributed by atoms with Gasteiger partial charge in [0.1, 0.15) is 5.76 Å². The predicted octanol–water partition coefficient (Wildman–Crippen LogP) is 2.18. The first kappa shape index (κ1) is 9.12. The first-order valence-electron chi connectivity index (χ1n) is 3.21. The number of halogens is 3. The molecule has 0 aliphatic heterocycles. The minimum Gasteiger partial charge on any atom is -0.466 e. The van der Waals surface area contributed by atoms with Crippen LogP contribution in [0, 0.1) is 6.92 Å². The molecule has 0 saturated heterocycles. The molecule has 0 radical (unpaired) electrons. The van der Waals surface area contributed by atoms with E-state index in [9.17, 15) is 13.2 Å². The highest BCUT2D eigenvalue weighted by Gasteiger charge is 2.41. The minimum atomic E-state index is -4.66. The van der Waals surface area contributed by atoms with E-state index in [0.717, 1.165) is 12.3 Å². The molecule has 0 amide bonds. The zero-order chi connectivity index (χ0) is 9.35. The zero-order valence-corrected chi connectivity index (χ0v) is 6.22. The van der Waals surface area contributed by atoms with Crippen LogP contribution in [0.3, 0.4) is 0 Å². The van der Waals surface area contributed by atoms with Gasteiger partial charge in [0.05, 0.1) is 6.26 Å². The van der Waals surface area contributed by atoms with Crippen LogP contribution in [0.15, 0.2) is 16.7 Å². The van der Waals surface area contributed by atoms with E-state index in [0.29, 0.717) is 5.56 Å². The Balaban J connectivity index is 2.85. The van der Waals surface area contributed by atoms with Crippen molar-refractivity contribution in [2.24, 2.45) is 0 Å². The Hall–Kier alpha value is -0.970. The quantitative estimate of drug-likeness (QED) is 0.718. The number of aryl methyl sites for hydroxylation is 1. The molecule has 0 saturated carbocycles. The predicted molar refractivity (Wildman–Crippen MR) is 34.5 cm³/mol. The van der Waals surface area contributed by atoms with Crippen LogP contribution in [0.5, 0.6) is 0 Å². The van der Waals surface area contributed by atoms with Crippen LogP contribution >= 0.6 is 0 Å². The lowest BCUT2D eigenvalue weighted by Gasteiger charge is -2.10. The highest BCUT2D eigenvalue weighted by Crippen LogP contribution is 2.32. The van der Waals surface area contributed by atoms with E-state index in [1.54, 1.807) is 6.92 Å². The third kappa shape index (κ3) is 1.79. The fraction of sp³-hybridized carbons (Fsp3) is 0.429. The number of furan rings is 1. The molecule has 0 fully saturated rings. The van der Waals surface area contributed by atoms with Crippen LogP contribution in [0.2, 0.25) is 0 Å². The molecule has 0 aromatic carbocycles. The third-order valence-corrected chi connectivity index (χ3v) is 1.33. The molecular formula is C7H7F3O2. The summed E-state index contributed by atoms with van der Waals surface area (Å²) in [5, 5.41) is 8.65. The van der Waals surface area contributed by atoms with Gasteiger partial charge in [0, 0.05) is 0 Å². The summed E-state index contributed by atoms with van der Waals surface area (Å²) in [7, 11) is 0. The van der Waals surface area contributed by atoms with Crippen LogP contribution in [0.4, 0.5) is 13.2 Å². The summed E-state index contributed by atoms with van der Waals surface area (Å²) < 4.78 is 40.0. The smallest absolute Gasteiger partial charge is 0.421 e. The Bertz CT molecular complexity index is 264. The third-order valence-electron chi connectivity index (χ3n) is 1.33. The summed E-state index contributed by atoms with van der Waals surface area (Å²) in [6.07, 6.45) is -6.03. The largest absolute Gasteiger partial charge is 0.466 e. The Kier molecular flexibility index (Phi) is 2.14. The van der Waals surface area contributed by atoms with Crippen molar-refractivity contribution in [1.82, 2.24) is 0 Å². The molecule has 0 aliphatic rings. The Morgan fingerprint density at radius 3 is 2.42 bits per heavy atom. The van der Waals surface area contributed by atoms with Crippen LogP contribution in [0.25, 0.3) is 0 Å². The van der Waals surface area contributed by atoms with Crippen LogP contribution in [-0.2, 0) is 0 Å². The Morgan fingerprint density at radius 1 is 1.50 bits per heavy atom. The van der Waals surface area contributed by atoms with Gasteiger partial charge in [0.25, 0.3) is 0 Å². The second-order valence-electron chi connectivity index (χ2n) is 2.47. The van der Waals surface area contributed by atoms with E-state index in [-0.39, 0.29) is 0 Å². The van der Waals surface area contributed by atoms with Gasteiger partial charge in [-0.15, -0.1) is 0 Å². The first-order chi connectivity index (χ1) is 5.41. The normalized spacial score (nSPS) is 14.8. The van der Waals surface area contributed by atoms with Crippen molar-refractivity contribution in [3.8, 4) is 0 Å². The van der Waals surface area contributed by atoms with Gasteiger partial charge < -0.3 is 9.52 Å². The average molecular weight is 180 g/mol. The lowest BCUT2D eigenvalue weighted by atomic mass is 10.2. The molecule has 1 aromatic heterocycles. The average Bonchev–Trinajstić information content (AvgIpc) is 2.32. The van der Waals surface area contributed by atoms with E-state index in [4.69, 9.17) is 5.11 Å². The topological polar surface area (TPSA) is 33.4 Å². The molecule has 1 rings (SSSR count). The van der Waals surface area contributed by atoms with E-state index in [1.807, 2.05) is 0 Å². The van der Waals surface area contributed by atoms with Crippen molar-refractivity contribution in [3.05, 3.63) is 23.7 Å². The van der Waals surface area contributed by atoms with Gasteiger partial charge in [-0.05, 0) is 18.6 Å². The molecule has 0 spiro atoms. The number of hydrogen-bond acceptors (Lipinski definition) is 2. The van der Waals surface area contributed by atoms with Crippen molar-refractivity contribution in [3.63, 3.8) is 0 Å². The van der Waals surface area contributed by atoms with Crippen LogP contribution in [-0.4, -0.2) is 11.3 Å². The summed E-state index contributed by atoms with van der Waals surface area (Å²) in [6.45, 7) is 1.58. The summed E-state index contributed by atoms with van der Waals surface area (Å²) in [5.74, 6) is -0.472. The fourth-order valence-corrected chi connectivity index (χ4v) is 0.758. The van der Waals surface area contributed by atoms with Crippen molar-refractivity contribution >= 4 is 0 Å². The second-order valence-corrected chi connectivity index (χ2v) is 2.47. The Labute approximate surface area is 66.6 Å². The minimum absolute atomic E-state index is 0.472. The molecule has 68 valence electrons. The molecule has 2 nitrogen and oxygen atoms in total. The molecule has 1 heterocycles. The molecular weight excluding hydrogens is 173 g/mol. The van der Waals surface area contributed by atoms with Crippen molar-refractivity contribution in [2.45, 2.75) is 19.2 Å². The molecule has 1 unspecified atom stereocenters. The summed E-state index contributed by atoms with van der Waals surface area (Å²) in [6, 6.07) is 1.15. The van der Waals surface area contributed by atoms with Gasteiger partial charge in [-0.25, -0.2) is 0 Å². The monoisotopic (exact) mass is 180 g/mol. The van der Waals surface area contributed by atoms with Gasteiger partial charge in [-0.1, -0.05) is 0 Å². The molecule has 0 aliphatic carbocycles. The van der Waals surface area contributed by atoms with Gasteiger partial charge in [0.15, 0.2) is 0 Å². The van der Waals surface area contributed by atoms with E-state index in [2.05, 4.69) is 4.42 Å². The highest BCUT2D eigenvalue weighted by atomic mass is 19.4. The standard InChI is InChI=1S/C7H7F3O2/c1-4-2-5(12-3-4)6(11)7(8,9)10/h2-3,6,11H,1H3. The van der Waals surface area contributed by atoms with Crippen molar-refractivity contribution in [1.29, 1.82) is 0 Å². The van der Waals surface area contributed by atoms with Crippen LogP contribution < -0.4 is 0 Å². The highest BCUT2D eigenvalue weighted by molar-refractivity contribution is 5.13. The molecule has 5 heteroatoms. The number of rotatable bonds is 1. The van der Waals surface area contributed by atoms with Crippen molar-refractivity contribution < 1.29 is 22.7 Å². The van der Waals surface area contributed by atoms with E-state index >= 15 is 0 Å². The van der Waals surface area contributed by atoms with Crippen molar-refractivity contribution in [2.75, 3.05) is 0 Å². The lowest BCUT2D eigenvalue weighted by Crippen LogP contribution is -2.19. The van der Waals surface area contributed by atoms with E-state index < -0.39 is 18.0 Å². The van der Waals surface area contributed by atoms with Gasteiger partial charge in [-0.3, -0.25) is 0 Å². The molecule has 1 N–H and O–H groups in total. The number of alkyl halides is 3. The lowest BCUT2D eigenvalue weighted by molar-refractivity contribution is -0.211. The van der Waals surface area contributed by atoms with E-state index in [1.165, 1.54) is 0 Å². The second kappa shape index (κ2) is 2.82. The van der Waals surface area contributed by atoms with Gasteiger partial charge in [0.2, 0.25) is 6.10 Å². The summed E-state index contributed by atoms with van der Waals surface area (Å²) in [5.41, 5.74) is 0.549. The fourth-order valence-electron chi connectivity index (χ4n) is 0.758.